The largest absolute Gasteiger partial charge is 0.489 e. The van der Waals surface area contributed by atoms with E-state index < -0.39 is 10.8 Å². The number of amides is 1. The second-order valence-corrected chi connectivity index (χ2v) is 6.35. The van der Waals surface area contributed by atoms with E-state index in [0.717, 1.165) is 5.56 Å². The molecule has 0 aliphatic carbocycles. The Balaban J connectivity index is 1.54. The first kappa shape index (κ1) is 19.8. The van der Waals surface area contributed by atoms with E-state index in [9.17, 15) is 14.9 Å². The molecule has 0 aliphatic heterocycles. The first-order valence-electron chi connectivity index (χ1n) is 8.87. The highest BCUT2D eigenvalue weighted by Gasteiger charge is 2.06. The second kappa shape index (κ2) is 9.27. The maximum atomic E-state index is 12.2. The number of hydrogen-bond acceptors (Lipinski definition) is 5. The maximum Gasteiger partial charge on any atom is 0.271 e. The SMILES string of the molecule is Cc1ccc(COc2ccc(C(=O)N/N=C/c3cccc([N+](=O)[O-])c3)cc2)cc1. The smallest absolute Gasteiger partial charge is 0.271 e. The van der Waals surface area contributed by atoms with Crippen molar-refractivity contribution in [1.29, 1.82) is 0 Å². The molecular weight excluding hydrogens is 370 g/mol. The molecule has 0 unspecified atom stereocenters. The van der Waals surface area contributed by atoms with Gasteiger partial charge in [0.2, 0.25) is 0 Å². The van der Waals surface area contributed by atoms with Crippen LogP contribution in [-0.4, -0.2) is 17.0 Å². The van der Waals surface area contributed by atoms with E-state index in [1.165, 1.54) is 23.9 Å². The van der Waals surface area contributed by atoms with E-state index in [-0.39, 0.29) is 5.69 Å². The molecule has 29 heavy (non-hydrogen) atoms. The molecule has 7 heteroatoms. The molecule has 3 aromatic rings. The van der Waals surface area contributed by atoms with Crippen LogP contribution >= 0.6 is 0 Å². The van der Waals surface area contributed by atoms with Gasteiger partial charge in [0.1, 0.15) is 12.4 Å². The lowest BCUT2D eigenvalue weighted by Crippen LogP contribution is -2.17. The summed E-state index contributed by atoms with van der Waals surface area (Å²) in [6.45, 7) is 2.47. The normalized spacial score (nSPS) is 10.7. The van der Waals surface area contributed by atoms with Crippen LogP contribution < -0.4 is 10.2 Å². The minimum Gasteiger partial charge on any atom is -0.489 e. The van der Waals surface area contributed by atoms with Gasteiger partial charge in [-0.3, -0.25) is 14.9 Å². The molecule has 0 atom stereocenters. The summed E-state index contributed by atoms with van der Waals surface area (Å²) in [6, 6.07) is 20.8. The number of nitro benzene ring substituents is 1. The van der Waals surface area contributed by atoms with Gasteiger partial charge in [-0.05, 0) is 36.8 Å². The molecule has 0 heterocycles. The first-order valence-corrected chi connectivity index (χ1v) is 8.87. The van der Waals surface area contributed by atoms with Gasteiger partial charge in [-0.15, -0.1) is 0 Å². The highest BCUT2D eigenvalue weighted by molar-refractivity contribution is 5.95. The average Bonchev–Trinajstić information content (AvgIpc) is 2.74. The molecule has 0 aromatic heterocycles. The Morgan fingerprint density at radius 2 is 1.83 bits per heavy atom. The van der Waals surface area contributed by atoms with E-state index >= 15 is 0 Å². The Kier molecular flexibility index (Phi) is 6.32. The van der Waals surface area contributed by atoms with Crippen molar-refractivity contribution >= 4 is 17.8 Å². The minimum absolute atomic E-state index is 0.0403. The Morgan fingerprint density at radius 1 is 1.10 bits per heavy atom. The lowest BCUT2D eigenvalue weighted by molar-refractivity contribution is -0.384. The van der Waals surface area contributed by atoms with Crippen LogP contribution in [0.5, 0.6) is 5.75 Å². The zero-order chi connectivity index (χ0) is 20.6. The molecule has 146 valence electrons. The average molecular weight is 389 g/mol. The molecule has 1 N–H and O–H groups in total. The van der Waals surface area contributed by atoms with Gasteiger partial charge in [0.05, 0.1) is 11.1 Å². The third-order valence-electron chi connectivity index (χ3n) is 4.10. The second-order valence-electron chi connectivity index (χ2n) is 6.35. The van der Waals surface area contributed by atoms with Crippen LogP contribution in [0.3, 0.4) is 0 Å². The van der Waals surface area contributed by atoms with Crippen LogP contribution in [0, 0.1) is 17.0 Å². The molecule has 3 aromatic carbocycles. The van der Waals surface area contributed by atoms with Crippen molar-refractivity contribution in [3.05, 3.63) is 105 Å². The molecule has 3 rings (SSSR count). The van der Waals surface area contributed by atoms with E-state index in [0.29, 0.717) is 23.5 Å². The number of aryl methyl sites for hydroxylation is 1. The summed E-state index contributed by atoms with van der Waals surface area (Å²) >= 11 is 0. The predicted molar refractivity (Wildman–Crippen MR) is 110 cm³/mol. The summed E-state index contributed by atoms with van der Waals surface area (Å²) in [6.07, 6.45) is 1.35. The van der Waals surface area contributed by atoms with Crippen LogP contribution in [0.15, 0.2) is 77.9 Å². The minimum atomic E-state index is -0.488. The molecule has 0 spiro atoms. The fourth-order valence-electron chi connectivity index (χ4n) is 2.50. The summed E-state index contributed by atoms with van der Waals surface area (Å²) in [5.74, 6) is 0.263. The lowest BCUT2D eigenvalue weighted by Gasteiger charge is -2.07. The first-order chi connectivity index (χ1) is 14.0. The molecule has 0 bridgehead atoms. The number of carbonyl (C=O) groups excluding carboxylic acids is 1. The Hall–Kier alpha value is -4.00. The molecule has 0 fully saturated rings. The molecule has 0 saturated carbocycles. The number of nitro groups is 1. The Morgan fingerprint density at radius 3 is 2.52 bits per heavy atom. The summed E-state index contributed by atoms with van der Waals surface area (Å²) in [5.41, 5.74) is 5.55. The number of nitrogens with zero attached hydrogens (tertiary/aromatic N) is 2. The lowest BCUT2D eigenvalue weighted by atomic mass is 10.2. The van der Waals surface area contributed by atoms with E-state index in [4.69, 9.17) is 4.74 Å². The summed E-state index contributed by atoms with van der Waals surface area (Å²) in [5, 5.41) is 14.6. The quantitative estimate of drug-likeness (QED) is 0.371. The van der Waals surface area contributed by atoms with Crippen molar-refractivity contribution in [1.82, 2.24) is 5.43 Å². The van der Waals surface area contributed by atoms with Gasteiger partial charge in [-0.25, -0.2) is 5.43 Å². The standard InChI is InChI=1S/C22H19N3O4/c1-16-5-7-17(8-6-16)15-29-21-11-9-19(10-12-21)22(26)24-23-14-18-3-2-4-20(13-18)25(27)28/h2-14H,15H2,1H3,(H,24,26)/b23-14+. The van der Waals surface area contributed by atoms with Gasteiger partial charge in [-0.1, -0.05) is 42.0 Å². The molecular formula is C22H19N3O4. The Labute approximate surface area is 167 Å². The third kappa shape index (κ3) is 5.74. The van der Waals surface area contributed by atoms with Gasteiger partial charge in [-0.2, -0.15) is 5.10 Å². The van der Waals surface area contributed by atoms with Crippen LogP contribution in [-0.2, 0) is 6.61 Å². The van der Waals surface area contributed by atoms with E-state index in [1.54, 1.807) is 36.4 Å². The number of ether oxygens (including phenoxy) is 1. The van der Waals surface area contributed by atoms with Crippen LogP contribution in [0.4, 0.5) is 5.69 Å². The van der Waals surface area contributed by atoms with E-state index in [1.807, 2.05) is 31.2 Å². The number of carbonyl (C=O) groups is 1. The van der Waals surface area contributed by atoms with E-state index in [2.05, 4.69) is 10.5 Å². The van der Waals surface area contributed by atoms with Crippen molar-refractivity contribution in [3.8, 4) is 5.75 Å². The topological polar surface area (TPSA) is 93.8 Å². The monoisotopic (exact) mass is 389 g/mol. The molecule has 1 amide bonds. The van der Waals surface area contributed by atoms with Gasteiger partial charge < -0.3 is 4.74 Å². The number of hydrogen-bond donors (Lipinski definition) is 1. The van der Waals surface area contributed by atoms with Crippen molar-refractivity contribution < 1.29 is 14.5 Å². The number of nitrogens with one attached hydrogen (secondary N) is 1. The summed E-state index contributed by atoms with van der Waals surface area (Å²) in [7, 11) is 0. The van der Waals surface area contributed by atoms with Crippen molar-refractivity contribution in [3.63, 3.8) is 0 Å². The third-order valence-corrected chi connectivity index (χ3v) is 4.10. The maximum absolute atomic E-state index is 12.2. The number of benzene rings is 3. The van der Waals surface area contributed by atoms with Gasteiger partial charge in [0.25, 0.3) is 11.6 Å². The molecule has 0 saturated heterocycles. The van der Waals surface area contributed by atoms with Gasteiger partial charge >= 0.3 is 0 Å². The highest BCUT2D eigenvalue weighted by atomic mass is 16.6. The number of non-ortho nitro benzene ring substituents is 1. The van der Waals surface area contributed by atoms with Gasteiger partial charge in [0.15, 0.2) is 0 Å². The van der Waals surface area contributed by atoms with Crippen LogP contribution in [0.1, 0.15) is 27.0 Å². The number of hydrazone groups is 1. The Bertz CT molecular complexity index is 1030. The zero-order valence-corrected chi connectivity index (χ0v) is 15.7. The van der Waals surface area contributed by atoms with Crippen molar-refractivity contribution in [2.75, 3.05) is 0 Å². The molecule has 0 radical (unpaired) electrons. The summed E-state index contributed by atoms with van der Waals surface area (Å²) < 4.78 is 5.72. The molecule has 0 aliphatic rings. The van der Waals surface area contributed by atoms with Gasteiger partial charge in [0, 0.05) is 23.3 Å². The van der Waals surface area contributed by atoms with Crippen molar-refractivity contribution in [2.24, 2.45) is 5.10 Å². The zero-order valence-electron chi connectivity index (χ0n) is 15.7. The summed E-state index contributed by atoms with van der Waals surface area (Å²) in [4.78, 5) is 22.4. The molecule has 7 nitrogen and oxygen atoms in total. The highest BCUT2D eigenvalue weighted by Crippen LogP contribution is 2.15. The van der Waals surface area contributed by atoms with Crippen LogP contribution in [0.2, 0.25) is 0 Å². The van der Waals surface area contributed by atoms with Crippen molar-refractivity contribution in [2.45, 2.75) is 13.5 Å². The van der Waals surface area contributed by atoms with Crippen LogP contribution in [0.25, 0.3) is 0 Å². The number of rotatable bonds is 7. The predicted octanol–water partition coefficient (Wildman–Crippen LogP) is 4.25. The fraction of sp³-hybridized carbons (Fsp3) is 0.0909. The fourth-order valence-corrected chi connectivity index (χ4v) is 2.50.